The Labute approximate surface area is 347 Å². The lowest BCUT2D eigenvalue weighted by Gasteiger charge is -2.47. The highest BCUT2D eigenvalue weighted by Gasteiger charge is 2.75. The molecule has 0 saturated heterocycles. The molecule has 10 nitrogen and oxygen atoms in total. The van der Waals surface area contributed by atoms with Gasteiger partial charge in [0, 0.05) is 25.0 Å². The molecule has 0 bridgehead atoms. The summed E-state index contributed by atoms with van der Waals surface area (Å²) in [6.45, 7) is 8.58. The Morgan fingerprint density at radius 3 is 1.14 bits per heavy atom. The number of hydrogen-bond acceptors (Lipinski definition) is 10. The lowest BCUT2D eigenvalue weighted by Crippen LogP contribution is -2.64. The van der Waals surface area contributed by atoms with Crippen molar-refractivity contribution >= 4 is 5.97 Å². The van der Waals surface area contributed by atoms with Gasteiger partial charge >= 0.3 is 48.8 Å². The van der Waals surface area contributed by atoms with E-state index in [1.807, 2.05) is 0 Å². The summed E-state index contributed by atoms with van der Waals surface area (Å²) in [5, 5.41) is 39.8. The van der Waals surface area contributed by atoms with Gasteiger partial charge in [0.15, 0.2) is 23.8 Å². The van der Waals surface area contributed by atoms with Gasteiger partial charge in [-0.05, 0) is 91.9 Å². The zero-order valence-corrected chi connectivity index (χ0v) is 34.0. The number of rotatable bonds is 14. The van der Waals surface area contributed by atoms with Crippen LogP contribution in [0.3, 0.4) is 0 Å². The molecule has 0 aromatic carbocycles. The quantitative estimate of drug-likeness (QED) is 0.0578. The molecule has 28 heteroatoms. The number of carbonyl (C=O) groups is 1. The van der Waals surface area contributed by atoms with Crippen molar-refractivity contribution in [3.05, 3.63) is 12.2 Å². The van der Waals surface area contributed by atoms with Crippen molar-refractivity contribution in [3.63, 3.8) is 0 Å². The Morgan fingerprint density at radius 2 is 0.857 bits per heavy atom. The summed E-state index contributed by atoms with van der Waals surface area (Å²) in [4.78, 5) is 11.7. The van der Waals surface area contributed by atoms with Crippen molar-refractivity contribution < 1.29 is 128 Å². The molecule has 11 atom stereocenters. The zero-order valence-electron chi connectivity index (χ0n) is 34.0. The molecule has 2 fully saturated rings. The van der Waals surface area contributed by atoms with E-state index in [9.17, 15) is 104 Å². The van der Waals surface area contributed by atoms with E-state index in [2.05, 4.69) is 11.3 Å². The van der Waals surface area contributed by atoms with Crippen LogP contribution in [0.25, 0.3) is 0 Å². The molecule has 0 spiro atoms. The Hall–Kier alpha value is -2.37. The molecular weight excluding hydrogens is 922 g/mol. The van der Waals surface area contributed by atoms with Gasteiger partial charge in [-0.25, -0.2) is 4.79 Å². The van der Waals surface area contributed by atoms with Gasteiger partial charge in [-0.3, -0.25) is 0 Å². The second kappa shape index (κ2) is 20.2. The minimum absolute atomic E-state index is 0.0602. The van der Waals surface area contributed by atoms with Crippen LogP contribution in [0.4, 0.5) is 79.0 Å². The number of alkyl halides is 18. The zero-order chi connectivity index (χ0) is 50.0. The average Bonchev–Trinajstić information content (AvgIpc) is 3.08. The van der Waals surface area contributed by atoms with E-state index in [1.165, 1.54) is 27.7 Å². The van der Waals surface area contributed by atoms with Crippen LogP contribution < -0.4 is 0 Å². The number of aliphatic hydroxyl groups is 4. The second-order valence-corrected chi connectivity index (χ2v) is 15.4. The minimum atomic E-state index is -6.21. The van der Waals surface area contributed by atoms with Crippen LogP contribution in [-0.4, -0.2) is 124 Å². The Morgan fingerprint density at radius 1 is 0.540 bits per heavy atom. The molecule has 0 aliphatic heterocycles. The highest BCUT2D eigenvalue weighted by molar-refractivity contribution is 5.89. The van der Waals surface area contributed by atoms with Crippen LogP contribution in [0.15, 0.2) is 12.2 Å². The first kappa shape index (κ1) is 58.6. The molecule has 11 unspecified atom stereocenters. The number of halogens is 18. The SMILES string of the molecule is C=C(C(=O)OC(O)(C1CC(OC(C)OCC)CC(C(C)(O)C(F)(F)F)C1)C(F)(F)F)C(F)(F)F.CCOC(C)OC1CC(C(C)(O)C(F)(F)F)CC(C(O)(C(F)(F)F)C(F)(F)F)C1. The van der Waals surface area contributed by atoms with Gasteiger partial charge < -0.3 is 44.1 Å². The van der Waals surface area contributed by atoms with E-state index in [-0.39, 0.29) is 20.1 Å². The molecule has 4 N–H and O–H groups in total. The summed E-state index contributed by atoms with van der Waals surface area (Å²) >= 11 is 0. The van der Waals surface area contributed by atoms with Crippen molar-refractivity contribution in [2.45, 2.75) is 165 Å². The van der Waals surface area contributed by atoms with Crippen LogP contribution in [0.2, 0.25) is 0 Å². The third-order valence-electron chi connectivity index (χ3n) is 10.9. The number of hydrogen-bond donors (Lipinski definition) is 4. The van der Waals surface area contributed by atoms with Crippen LogP contribution in [0.1, 0.15) is 80.1 Å². The van der Waals surface area contributed by atoms with E-state index in [0.717, 1.165) is 0 Å². The van der Waals surface area contributed by atoms with Gasteiger partial charge in [-0.2, -0.15) is 79.0 Å². The topological polar surface area (TPSA) is 144 Å². The lowest BCUT2D eigenvalue weighted by atomic mass is 9.66. The van der Waals surface area contributed by atoms with Crippen LogP contribution in [-0.2, 0) is 28.5 Å². The van der Waals surface area contributed by atoms with Gasteiger partial charge in [-0.1, -0.05) is 6.58 Å². The number of esters is 1. The average molecular weight is 971 g/mol. The van der Waals surface area contributed by atoms with Gasteiger partial charge in [0.25, 0.3) is 5.60 Å². The summed E-state index contributed by atoms with van der Waals surface area (Å²) in [6.07, 6.45) is -45.6. The molecule has 374 valence electrons. The first-order valence-corrected chi connectivity index (χ1v) is 18.6. The Balaban J connectivity index is 0.000000638. The second-order valence-electron chi connectivity index (χ2n) is 15.4. The molecule has 2 saturated carbocycles. The molecule has 2 aliphatic carbocycles. The van der Waals surface area contributed by atoms with E-state index in [0.29, 0.717) is 6.92 Å². The smallest absolute Gasteiger partial charge is 0.419 e. The molecule has 2 rings (SSSR count). The Bertz CT molecular complexity index is 1480. The standard InChI is InChI=1S/C19H25F9O6.C16H23F9O4/c1-5-32-10(3)33-13-7-11(15(4,30)18(23,24)25)6-12(8-13)16(31,19(26,27)28)34-14(29)9(2)17(20,21)22;1-4-28-8(2)29-11-6-9(12(3,26)14(17,18)19)5-10(7-11)13(27,15(20,21)22)16(23,24)25/h10-13,30-31H,2,5-8H2,1,3-4H3;8-11,26-27H,4-7H2,1-3H3. The van der Waals surface area contributed by atoms with E-state index in [1.54, 1.807) is 0 Å². The number of ether oxygens (including phenoxy) is 5. The van der Waals surface area contributed by atoms with Crippen molar-refractivity contribution in [3.8, 4) is 0 Å². The fourth-order valence-corrected chi connectivity index (χ4v) is 7.20. The molecule has 0 amide bonds. The molecule has 0 radical (unpaired) electrons. The fourth-order valence-electron chi connectivity index (χ4n) is 7.20. The van der Waals surface area contributed by atoms with Crippen molar-refractivity contribution in [1.29, 1.82) is 0 Å². The van der Waals surface area contributed by atoms with Crippen molar-refractivity contribution in [2.75, 3.05) is 13.2 Å². The maximum absolute atomic E-state index is 13.8. The highest BCUT2D eigenvalue weighted by atomic mass is 19.4. The van der Waals surface area contributed by atoms with Gasteiger partial charge in [0.05, 0.1) is 12.2 Å². The molecule has 0 heterocycles. The molecule has 0 aromatic rings. The van der Waals surface area contributed by atoms with Crippen LogP contribution >= 0.6 is 0 Å². The van der Waals surface area contributed by atoms with Gasteiger partial charge in [0.1, 0.15) is 5.57 Å². The molecule has 2 aliphatic rings. The predicted octanol–water partition coefficient (Wildman–Crippen LogP) is 8.74. The predicted molar refractivity (Wildman–Crippen MR) is 176 cm³/mol. The number of carbonyl (C=O) groups excluding carboxylic acids is 1. The minimum Gasteiger partial charge on any atom is -0.419 e. The largest absolute Gasteiger partial charge is 0.455 e. The van der Waals surface area contributed by atoms with Crippen LogP contribution in [0.5, 0.6) is 0 Å². The van der Waals surface area contributed by atoms with E-state index in [4.69, 9.17) is 18.9 Å². The summed E-state index contributed by atoms with van der Waals surface area (Å²) in [5.41, 5.74) is -14.8. The molecule has 0 aromatic heterocycles. The first-order chi connectivity index (χ1) is 27.9. The summed E-state index contributed by atoms with van der Waals surface area (Å²) in [7, 11) is 0. The van der Waals surface area contributed by atoms with Gasteiger partial charge in [0.2, 0.25) is 0 Å². The van der Waals surface area contributed by atoms with Crippen molar-refractivity contribution in [1.82, 2.24) is 0 Å². The van der Waals surface area contributed by atoms with E-state index >= 15 is 0 Å². The first-order valence-electron chi connectivity index (χ1n) is 18.6. The Kier molecular flexibility index (Phi) is 18.8. The lowest BCUT2D eigenvalue weighted by molar-refractivity contribution is -0.392. The van der Waals surface area contributed by atoms with Crippen molar-refractivity contribution in [2.24, 2.45) is 23.7 Å². The normalized spacial score (nSPS) is 27.4. The summed E-state index contributed by atoms with van der Waals surface area (Å²) in [6, 6.07) is 0. The summed E-state index contributed by atoms with van der Waals surface area (Å²) in [5.74, 6) is -16.6. The maximum Gasteiger partial charge on any atom is 0.455 e. The van der Waals surface area contributed by atoms with Gasteiger partial charge in [-0.15, -0.1) is 0 Å². The third kappa shape index (κ3) is 13.8. The summed E-state index contributed by atoms with van der Waals surface area (Å²) < 4.78 is 263. The molecule has 63 heavy (non-hydrogen) atoms. The van der Waals surface area contributed by atoms with E-state index < -0.39 is 158 Å². The maximum atomic E-state index is 13.8. The monoisotopic (exact) mass is 970 g/mol. The third-order valence-corrected chi connectivity index (χ3v) is 10.9. The molecular formula is C35H48F18O10. The highest BCUT2D eigenvalue weighted by Crippen LogP contribution is 2.56. The van der Waals surface area contributed by atoms with Crippen LogP contribution in [0, 0.1) is 23.7 Å². The fraction of sp³-hybridized carbons (Fsp3) is 0.914.